The van der Waals surface area contributed by atoms with Gasteiger partial charge >= 0.3 is 0 Å². The molecule has 2 aliphatic heterocycles. The van der Waals surface area contributed by atoms with Crippen LogP contribution in [0.25, 0.3) is 0 Å². The van der Waals surface area contributed by atoms with Crippen LogP contribution in [0, 0.1) is 0 Å². The molecular formula is C21H34N2O2. The summed E-state index contributed by atoms with van der Waals surface area (Å²) in [6.07, 6.45) is 4.95. The average molecular weight is 347 g/mol. The molecular weight excluding hydrogens is 312 g/mol. The van der Waals surface area contributed by atoms with Crippen LogP contribution in [0.15, 0.2) is 24.3 Å². The normalized spacial score (nSPS) is 25.4. The minimum Gasteiger partial charge on any atom is -0.494 e. The molecule has 2 fully saturated rings. The van der Waals surface area contributed by atoms with Crippen LogP contribution in [0.4, 0.5) is 0 Å². The van der Waals surface area contributed by atoms with E-state index in [-0.39, 0.29) is 0 Å². The van der Waals surface area contributed by atoms with Gasteiger partial charge in [0.1, 0.15) is 5.75 Å². The fourth-order valence-electron chi connectivity index (χ4n) is 3.96. The minimum atomic E-state index is 0.694. The predicted octanol–water partition coefficient (Wildman–Crippen LogP) is 3.55. The topological polar surface area (TPSA) is 24.9 Å². The van der Waals surface area contributed by atoms with Crippen LogP contribution in [0.1, 0.15) is 45.1 Å². The molecule has 25 heavy (non-hydrogen) atoms. The molecule has 2 heterocycles. The number of hydrogen-bond acceptors (Lipinski definition) is 4. The van der Waals surface area contributed by atoms with E-state index in [4.69, 9.17) is 9.47 Å². The number of morpholine rings is 1. The van der Waals surface area contributed by atoms with Gasteiger partial charge in [0.25, 0.3) is 0 Å². The zero-order valence-corrected chi connectivity index (χ0v) is 16.0. The first-order chi connectivity index (χ1) is 12.2. The van der Waals surface area contributed by atoms with Crippen molar-refractivity contribution in [3.63, 3.8) is 0 Å². The van der Waals surface area contributed by atoms with Crippen molar-refractivity contribution >= 4 is 0 Å². The van der Waals surface area contributed by atoms with Crippen LogP contribution >= 0.6 is 0 Å². The van der Waals surface area contributed by atoms with Gasteiger partial charge in [-0.15, -0.1) is 0 Å². The number of hydrogen-bond donors (Lipinski definition) is 0. The van der Waals surface area contributed by atoms with Crippen LogP contribution in [-0.2, 0) is 11.3 Å². The van der Waals surface area contributed by atoms with Crippen molar-refractivity contribution in [1.82, 2.24) is 9.80 Å². The lowest BCUT2D eigenvalue weighted by atomic mass is 10.2. The molecule has 140 valence electrons. The summed E-state index contributed by atoms with van der Waals surface area (Å²) in [6.45, 7) is 11.6. The smallest absolute Gasteiger partial charge is 0.119 e. The molecule has 2 saturated heterocycles. The summed E-state index contributed by atoms with van der Waals surface area (Å²) < 4.78 is 11.4. The Bertz CT molecular complexity index is 506. The van der Waals surface area contributed by atoms with Crippen LogP contribution in [0.5, 0.6) is 5.75 Å². The highest BCUT2D eigenvalue weighted by atomic mass is 16.5. The summed E-state index contributed by atoms with van der Waals surface area (Å²) in [6, 6.07) is 10.1. The van der Waals surface area contributed by atoms with E-state index >= 15 is 0 Å². The molecule has 0 amide bonds. The van der Waals surface area contributed by atoms with Crippen molar-refractivity contribution in [2.24, 2.45) is 0 Å². The molecule has 2 aliphatic rings. The summed E-state index contributed by atoms with van der Waals surface area (Å²) in [5, 5.41) is 0. The van der Waals surface area contributed by atoms with Crippen LogP contribution in [0.3, 0.4) is 0 Å². The SMILES string of the molecule is C[C@@H]1CC[C@@H](C)N1Cc1cccc(OCCCCN2CCOCC2)c1. The predicted molar refractivity (Wildman–Crippen MR) is 102 cm³/mol. The quantitative estimate of drug-likeness (QED) is 0.672. The number of unbranched alkanes of at least 4 members (excludes halogenated alkanes) is 1. The van der Waals surface area contributed by atoms with E-state index < -0.39 is 0 Å². The number of likely N-dealkylation sites (tertiary alicyclic amines) is 1. The Morgan fingerprint density at radius 1 is 1.08 bits per heavy atom. The molecule has 0 bridgehead atoms. The standard InChI is InChI=1S/C21H34N2O2/c1-18-8-9-19(2)23(18)17-20-6-5-7-21(16-20)25-13-4-3-10-22-11-14-24-15-12-22/h5-7,16,18-19H,3-4,8-15,17H2,1-2H3/t18-,19-/m1/s1. The highest BCUT2D eigenvalue weighted by Crippen LogP contribution is 2.26. The molecule has 4 heteroatoms. The molecule has 2 atom stereocenters. The molecule has 4 nitrogen and oxygen atoms in total. The van der Waals surface area contributed by atoms with Gasteiger partial charge in [-0.05, 0) is 63.8 Å². The van der Waals surface area contributed by atoms with Crippen molar-refractivity contribution < 1.29 is 9.47 Å². The molecule has 0 aliphatic carbocycles. The first-order valence-corrected chi connectivity index (χ1v) is 10.00. The summed E-state index contributed by atoms with van der Waals surface area (Å²) in [4.78, 5) is 5.10. The fraction of sp³-hybridized carbons (Fsp3) is 0.714. The Labute approximate surface area is 153 Å². The molecule has 0 aromatic heterocycles. The maximum Gasteiger partial charge on any atom is 0.119 e. The van der Waals surface area contributed by atoms with E-state index in [0.29, 0.717) is 12.1 Å². The monoisotopic (exact) mass is 346 g/mol. The van der Waals surface area contributed by atoms with E-state index in [1.54, 1.807) is 0 Å². The van der Waals surface area contributed by atoms with Crippen molar-refractivity contribution in [2.45, 2.75) is 58.2 Å². The van der Waals surface area contributed by atoms with Crippen LogP contribution in [-0.4, -0.2) is 61.3 Å². The third-order valence-corrected chi connectivity index (χ3v) is 5.64. The Morgan fingerprint density at radius 3 is 2.60 bits per heavy atom. The third kappa shape index (κ3) is 5.70. The van der Waals surface area contributed by atoms with Crippen LogP contribution < -0.4 is 4.74 Å². The largest absolute Gasteiger partial charge is 0.494 e. The second kappa shape index (κ2) is 9.56. The van der Waals surface area contributed by atoms with E-state index in [2.05, 4.69) is 47.9 Å². The van der Waals surface area contributed by atoms with E-state index in [1.165, 1.54) is 24.8 Å². The first-order valence-electron chi connectivity index (χ1n) is 10.00. The highest BCUT2D eigenvalue weighted by molar-refractivity contribution is 5.28. The maximum atomic E-state index is 5.99. The third-order valence-electron chi connectivity index (χ3n) is 5.64. The van der Waals surface area contributed by atoms with E-state index in [9.17, 15) is 0 Å². The van der Waals surface area contributed by atoms with Gasteiger partial charge in [0.2, 0.25) is 0 Å². The van der Waals surface area contributed by atoms with Gasteiger partial charge in [-0.25, -0.2) is 0 Å². The first kappa shape index (κ1) is 18.7. The van der Waals surface area contributed by atoms with Crippen molar-refractivity contribution in [3.05, 3.63) is 29.8 Å². The van der Waals surface area contributed by atoms with Crippen molar-refractivity contribution in [1.29, 1.82) is 0 Å². The summed E-state index contributed by atoms with van der Waals surface area (Å²) in [5.41, 5.74) is 1.37. The molecule has 3 rings (SSSR count). The van der Waals surface area contributed by atoms with Gasteiger partial charge in [-0.2, -0.15) is 0 Å². The van der Waals surface area contributed by atoms with E-state index in [0.717, 1.165) is 58.2 Å². The second-order valence-corrected chi connectivity index (χ2v) is 7.60. The number of rotatable bonds is 8. The number of ether oxygens (including phenoxy) is 2. The highest BCUT2D eigenvalue weighted by Gasteiger charge is 2.26. The van der Waals surface area contributed by atoms with Crippen molar-refractivity contribution in [2.75, 3.05) is 39.5 Å². The van der Waals surface area contributed by atoms with Gasteiger partial charge in [0.05, 0.1) is 19.8 Å². The van der Waals surface area contributed by atoms with Gasteiger partial charge in [-0.3, -0.25) is 9.80 Å². The molecule has 1 aromatic rings. The maximum absolute atomic E-state index is 5.99. The lowest BCUT2D eigenvalue weighted by Gasteiger charge is -2.26. The molecule has 1 aromatic carbocycles. The van der Waals surface area contributed by atoms with Crippen LogP contribution in [0.2, 0.25) is 0 Å². The Morgan fingerprint density at radius 2 is 1.84 bits per heavy atom. The zero-order chi connectivity index (χ0) is 17.5. The lowest BCUT2D eigenvalue weighted by molar-refractivity contribution is 0.0368. The summed E-state index contributed by atoms with van der Waals surface area (Å²) >= 11 is 0. The molecule has 0 unspecified atom stereocenters. The Balaban J connectivity index is 1.38. The second-order valence-electron chi connectivity index (χ2n) is 7.60. The Kier molecular flexibility index (Phi) is 7.14. The van der Waals surface area contributed by atoms with Gasteiger partial charge in [0, 0.05) is 31.7 Å². The lowest BCUT2D eigenvalue weighted by Crippen LogP contribution is -2.36. The molecule has 0 spiro atoms. The van der Waals surface area contributed by atoms with E-state index in [1.807, 2.05) is 0 Å². The van der Waals surface area contributed by atoms with Gasteiger partial charge in [0.15, 0.2) is 0 Å². The minimum absolute atomic E-state index is 0.694. The van der Waals surface area contributed by atoms with Gasteiger partial charge in [-0.1, -0.05) is 12.1 Å². The van der Waals surface area contributed by atoms with Crippen molar-refractivity contribution in [3.8, 4) is 5.75 Å². The average Bonchev–Trinajstić information content (AvgIpc) is 2.95. The molecule has 0 saturated carbocycles. The molecule has 0 N–H and O–H groups in total. The van der Waals surface area contributed by atoms with Gasteiger partial charge < -0.3 is 9.47 Å². The number of benzene rings is 1. The fourth-order valence-corrected chi connectivity index (χ4v) is 3.96. The molecule has 0 radical (unpaired) electrons. The number of nitrogens with zero attached hydrogens (tertiary/aromatic N) is 2. The Hall–Kier alpha value is -1.10. The summed E-state index contributed by atoms with van der Waals surface area (Å²) in [5.74, 6) is 1.02. The zero-order valence-electron chi connectivity index (χ0n) is 16.0. The summed E-state index contributed by atoms with van der Waals surface area (Å²) in [7, 11) is 0.